The third-order valence-corrected chi connectivity index (χ3v) is 9.68. The third kappa shape index (κ3) is 6.76. The average molecular weight is 667 g/mol. The van der Waals surface area contributed by atoms with E-state index >= 15 is 0 Å². The molecule has 1 unspecified atom stereocenters. The monoisotopic (exact) mass is 665 g/mol. The molecule has 6 rings (SSSR count). The number of likely N-dealkylation sites (tertiary alicyclic amines) is 2. The normalized spacial score (nSPS) is 17.0. The highest BCUT2D eigenvalue weighted by Gasteiger charge is 2.37. The Balaban J connectivity index is 1.24. The lowest BCUT2D eigenvalue weighted by molar-refractivity contribution is -0.164. The lowest BCUT2D eigenvalue weighted by Crippen LogP contribution is -2.48. The number of imidazole rings is 1. The number of hydrogen-bond acceptors (Lipinski definition) is 8. The highest BCUT2D eigenvalue weighted by molar-refractivity contribution is 6.35. The number of anilines is 1. The molecule has 2 aromatic heterocycles. The molecule has 0 radical (unpaired) electrons. The molecule has 2 saturated heterocycles. The first-order chi connectivity index (χ1) is 22.1. The highest BCUT2D eigenvalue weighted by atomic mass is 35.5. The fourth-order valence-corrected chi connectivity index (χ4v) is 6.89. The van der Waals surface area contributed by atoms with Gasteiger partial charge in [-0.25, -0.2) is 15.0 Å². The second kappa shape index (κ2) is 13.4. The molecule has 4 aromatic rings. The second-order valence-electron chi connectivity index (χ2n) is 12.1. The van der Waals surface area contributed by atoms with Crippen LogP contribution in [-0.2, 0) is 14.3 Å². The van der Waals surface area contributed by atoms with Crippen LogP contribution >= 0.6 is 23.2 Å². The molecular weight excluding hydrogens is 629 g/mol. The van der Waals surface area contributed by atoms with Gasteiger partial charge >= 0.3 is 5.97 Å². The molecule has 2 aromatic carbocycles. The van der Waals surface area contributed by atoms with E-state index in [9.17, 15) is 14.4 Å². The van der Waals surface area contributed by atoms with E-state index in [-0.39, 0.29) is 24.2 Å². The van der Waals surface area contributed by atoms with E-state index in [2.05, 4.69) is 20.3 Å². The fourth-order valence-electron chi connectivity index (χ4n) is 6.48. The molecule has 46 heavy (non-hydrogen) atoms. The van der Waals surface area contributed by atoms with Crippen molar-refractivity contribution in [2.24, 2.45) is 0 Å². The van der Waals surface area contributed by atoms with Crippen molar-refractivity contribution in [1.29, 1.82) is 0 Å². The summed E-state index contributed by atoms with van der Waals surface area (Å²) in [5, 5.41) is 5.05. The number of piperidine rings is 1. The number of benzene rings is 2. The van der Waals surface area contributed by atoms with E-state index in [0.717, 1.165) is 37.0 Å². The summed E-state index contributed by atoms with van der Waals surface area (Å²) >= 11 is 12.9. The molecule has 2 fully saturated rings. The third-order valence-electron chi connectivity index (χ3n) is 9.13. The number of fused-ring (bicyclic) bond motifs is 2. The van der Waals surface area contributed by atoms with Crippen LogP contribution in [-0.4, -0.2) is 79.3 Å². The average Bonchev–Trinajstić information content (AvgIpc) is 3.73. The van der Waals surface area contributed by atoms with Crippen LogP contribution in [0.2, 0.25) is 10.0 Å². The maximum atomic E-state index is 13.5. The number of carbonyl (C=O) groups is 3. The predicted molar refractivity (Wildman–Crippen MR) is 177 cm³/mol. The van der Waals surface area contributed by atoms with Gasteiger partial charge in [-0.05, 0) is 56.0 Å². The summed E-state index contributed by atoms with van der Waals surface area (Å²) < 4.78 is 5.65. The molecule has 0 spiro atoms. The Morgan fingerprint density at radius 1 is 1.02 bits per heavy atom. The van der Waals surface area contributed by atoms with Gasteiger partial charge in [0.05, 0.1) is 33.2 Å². The number of carbonyl (C=O) groups excluding carboxylic acids is 3. The van der Waals surface area contributed by atoms with Crippen molar-refractivity contribution < 1.29 is 19.1 Å². The quantitative estimate of drug-likeness (QED) is 0.199. The molecule has 0 aliphatic carbocycles. The smallest absolute Gasteiger partial charge is 0.303 e. The van der Waals surface area contributed by atoms with Crippen molar-refractivity contribution in [2.45, 2.75) is 70.4 Å². The van der Waals surface area contributed by atoms with Gasteiger partial charge in [0.25, 0.3) is 5.91 Å². The van der Waals surface area contributed by atoms with Crippen molar-refractivity contribution in [3.63, 3.8) is 0 Å². The molecule has 242 valence electrons. The summed E-state index contributed by atoms with van der Waals surface area (Å²) in [5.74, 6) is 0.753. The Kier molecular flexibility index (Phi) is 9.33. The first kappa shape index (κ1) is 32.0. The number of hydrogen-bond donors (Lipinski definition) is 2. The predicted octanol–water partition coefficient (Wildman–Crippen LogP) is 6.32. The summed E-state index contributed by atoms with van der Waals surface area (Å²) in [6.07, 6.45) is 6.00. The summed E-state index contributed by atoms with van der Waals surface area (Å²) in [5.41, 5.74) is 2.00. The van der Waals surface area contributed by atoms with Gasteiger partial charge in [-0.2, -0.15) is 0 Å². The van der Waals surface area contributed by atoms with Crippen molar-refractivity contribution in [3.8, 4) is 0 Å². The fraction of sp³-hybridized carbons (Fsp3) is 0.455. The number of aromatic nitrogens is 4. The minimum absolute atomic E-state index is 0.0131. The first-order valence-electron chi connectivity index (χ1n) is 15.8. The summed E-state index contributed by atoms with van der Waals surface area (Å²) in [4.78, 5) is 59.1. The van der Waals surface area contributed by atoms with E-state index in [1.165, 1.54) is 13.3 Å². The van der Waals surface area contributed by atoms with E-state index in [1.807, 2.05) is 28.9 Å². The van der Waals surface area contributed by atoms with Gasteiger partial charge < -0.3 is 24.8 Å². The molecule has 2 amide bonds. The summed E-state index contributed by atoms with van der Waals surface area (Å²) in [6.45, 7) is 5.92. The Bertz CT molecular complexity index is 1780. The molecule has 1 atom stereocenters. The number of ether oxygens (including phenoxy) is 1. The zero-order valence-corrected chi connectivity index (χ0v) is 27.5. The Morgan fingerprint density at radius 3 is 2.50 bits per heavy atom. The Hall–Kier alpha value is -3.96. The van der Waals surface area contributed by atoms with Gasteiger partial charge in [-0.3, -0.25) is 14.4 Å². The number of H-pyrrole nitrogens is 1. The van der Waals surface area contributed by atoms with Gasteiger partial charge in [0.15, 0.2) is 0 Å². The topological polar surface area (TPSA) is 133 Å². The van der Waals surface area contributed by atoms with Crippen LogP contribution in [0.3, 0.4) is 0 Å². The molecule has 0 saturated carbocycles. The van der Waals surface area contributed by atoms with Gasteiger partial charge in [0, 0.05) is 62.8 Å². The number of aromatic amines is 1. The van der Waals surface area contributed by atoms with E-state index < -0.39 is 11.6 Å². The molecule has 0 bridgehead atoms. The zero-order valence-electron chi connectivity index (χ0n) is 25.9. The van der Waals surface area contributed by atoms with E-state index in [0.29, 0.717) is 76.9 Å². The number of nitrogens with zero attached hydrogens (tertiary/aromatic N) is 5. The van der Waals surface area contributed by atoms with Gasteiger partial charge in [-0.15, -0.1) is 0 Å². The summed E-state index contributed by atoms with van der Waals surface area (Å²) in [6, 6.07) is 8.44. The van der Waals surface area contributed by atoms with Gasteiger partial charge in [0.1, 0.15) is 23.6 Å². The number of nitrogens with one attached hydrogen (secondary N) is 2. The van der Waals surface area contributed by atoms with Crippen LogP contribution in [0.15, 0.2) is 36.7 Å². The van der Waals surface area contributed by atoms with E-state index in [4.69, 9.17) is 32.9 Å². The highest BCUT2D eigenvalue weighted by Crippen LogP contribution is 2.33. The standard InChI is InChI=1S/C33H37Cl2N7O4/c1-3-33(46-20(2)43)10-14-41(15-11-33)29(44)9-8-26(31-38-25-7-6-21(34)16-28(25)40-31)39-30-23-17-24(35)22(18-27(23)36-19-37-30)32(45)42-12-4-5-13-42/h6-7,16-19,26H,3-5,8-15H2,1-2H3,(H,38,40)(H,36,37,39). The molecule has 2 aliphatic heterocycles. The summed E-state index contributed by atoms with van der Waals surface area (Å²) in [7, 11) is 0. The Labute approximate surface area is 277 Å². The van der Waals surface area contributed by atoms with Crippen LogP contribution in [0.25, 0.3) is 21.9 Å². The number of amides is 2. The minimum atomic E-state index is -0.517. The number of rotatable bonds is 9. The second-order valence-corrected chi connectivity index (χ2v) is 12.9. The molecule has 2 N–H and O–H groups in total. The first-order valence-corrected chi connectivity index (χ1v) is 16.5. The van der Waals surface area contributed by atoms with Crippen LogP contribution in [0.4, 0.5) is 5.82 Å². The molecule has 2 aliphatic rings. The van der Waals surface area contributed by atoms with Crippen LogP contribution in [0.1, 0.15) is 81.0 Å². The molecule has 13 heteroatoms. The number of esters is 1. The van der Waals surface area contributed by atoms with Crippen LogP contribution in [0, 0.1) is 0 Å². The molecule has 4 heterocycles. The maximum absolute atomic E-state index is 13.5. The maximum Gasteiger partial charge on any atom is 0.303 e. The van der Waals surface area contributed by atoms with Crippen LogP contribution in [0.5, 0.6) is 0 Å². The van der Waals surface area contributed by atoms with Gasteiger partial charge in [-0.1, -0.05) is 30.1 Å². The lowest BCUT2D eigenvalue weighted by atomic mass is 9.88. The SMILES string of the molecule is CCC1(OC(C)=O)CCN(C(=O)CCC(Nc2ncnc3cc(C(=O)N4CCCC4)c(Cl)cc23)c2nc3ccc(Cl)cc3[nH]2)CC1. The van der Waals surface area contributed by atoms with E-state index in [1.54, 1.807) is 18.2 Å². The molecule has 11 nitrogen and oxygen atoms in total. The minimum Gasteiger partial charge on any atom is -0.459 e. The molecular formula is C33H37Cl2N7O4. The van der Waals surface area contributed by atoms with Crippen molar-refractivity contribution in [1.82, 2.24) is 29.7 Å². The Morgan fingerprint density at radius 2 is 1.78 bits per heavy atom. The van der Waals surface area contributed by atoms with Crippen molar-refractivity contribution >= 4 is 68.7 Å². The number of halogens is 2. The lowest BCUT2D eigenvalue weighted by Gasteiger charge is -2.40. The zero-order chi connectivity index (χ0) is 32.4. The van der Waals surface area contributed by atoms with Crippen molar-refractivity contribution in [2.75, 3.05) is 31.5 Å². The largest absolute Gasteiger partial charge is 0.459 e. The van der Waals surface area contributed by atoms with Crippen molar-refractivity contribution in [3.05, 3.63) is 58.1 Å². The van der Waals surface area contributed by atoms with Crippen LogP contribution < -0.4 is 5.32 Å². The van der Waals surface area contributed by atoms with Gasteiger partial charge in [0.2, 0.25) is 5.91 Å².